The Kier molecular flexibility index (Phi) is 4.57. The number of nitrogens with zero attached hydrogens (tertiary/aromatic N) is 1. The average molecular weight is 291 g/mol. The van der Waals surface area contributed by atoms with Crippen LogP contribution in [0.3, 0.4) is 0 Å². The number of rotatable bonds is 4. The van der Waals surface area contributed by atoms with Gasteiger partial charge in [0.05, 0.1) is 23.4 Å². The summed E-state index contributed by atoms with van der Waals surface area (Å²) in [4.78, 5) is 0. The number of hydrogen-bond acceptors (Lipinski definition) is 3. The molecule has 1 atom stereocenters. The number of nitrogens with one attached hydrogen (secondary N) is 1. The van der Waals surface area contributed by atoms with Crippen LogP contribution in [0.2, 0.25) is 5.02 Å². The van der Waals surface area contributed by atoms with Gasteiger partial charge < -0.3 is 10.4 Å². The predicted octanol–water partition coefficient (Wildman–Crippen LogP) is 3.50. The molecule has 3 nitrogen and oxygen atoms in total. The molecule has 20 heavy (non-hydrogen) atoms. The van der Waals surface area contributed by atoms with Gasteiger partial charge in [-0.25, -0.2) is 4.39 Å². The van der Waals surface area contributed by atoms with Gasteiger partial charge in [-0.1, -0.05) is 23.7 Å². The molecule has 0 radical (unpaired) electrons. The lowest BCUT2D eigenvalue weighted by Gasteiger charge is -2.13. The molecule has 0 saturated heterocycles. The van der Waals surface area contributed by atoms with Crippen LogP contribution in [0.1, 0.15) is 17.2 Å². The second-order valence-electron chi connectivity index (χ2n) is 4.25. The Hall–Kier alpha value is -2.09. The topological polar surface area (TPSA) is 56.0 Å². The fourth-order valence-electron chi connectivity index (χ4n) is 1.74. The van der Waals surface area contributed by atoms with Gasteiger partial charge in [-0.3, -0.25) is 0 Å². The molecule has 2 aromatic rings. The van der Waals surface area contributed by atoms with Crippen molar-refractivity contribution >= 4 is 17.3 Å². The summed E-state index contributed by atoms with van der Waals surface area (Å²) in [6.45, 7) is 0.157. The SMILES string of the molecule is N#Cc1ccc(C(O)CNc2ccc(Cl)cc2F)cc1. The molecular formula is C15H12ClFN2O. The number of anilines is 1. The van der Waals surface area contributed by atoms with Gasteiger partial charge in [0.2, 0.25) is 0 Å². The normalized spacial score (nSPS) is 11.7. The number of nitriles is 1. The molecule has 2 N–H and O–H groups in total. The first-order valence-corrected chi connectivity index (χ1v) is 6.35. The van der Waals surface area contributed by atoms with Gasteiger partial charge in [-0.05, 0) is 35.9 Å². The van der Waals surface area contributed by atoms with Crippen molar-refractivity contribution in [2.24, 2.45) is 0 Å². The molecule has 0 saturated carbocycles. The van der Waals surface area contributed by atoms with E-state index in [-0.39, 0.29) is 12.2 Å². The van der Waals surface area contributed by atoms with Crippen molar-refractivity contribution in [1.29, 1.82) is 5.26 Å². The first-order chi connectivity index (χ1) is 9.60. The lowest BCUT2D eigenvalue weighted by molar-refractivity contribution is 0.191. The molecule has 0 bridgehead atoms. The molecular weight excluding hydrogens is 279 g/mol. The van der Waals surface area contributed by atoms with Gasteiger partial charge in [-0.15, -0.1) is 0 Å². The lowest BCUT2D eigenvalue weighted by atomic mass is 10.1. The fraction of sp³-hybridized carbons (Fsp3) is 0.133. The minimum atomic E-state index is -0.794. The summed E-state index contributed by atoms with van der Waals surface area (Å²) in [5, 5.41) is 21.8. The zero-order valence-electron chi connectivity index (χ0n) is 10.5. The lowest BCUT2D eigenvalue weighted by Crippen LogP contribution is -2.12. The molecule has 2 aromatic carbocycles. The first-order valence-electron chi connectivity index (χ1n) is 5.97. The number of benzene rings is 2. The number of aliphatic hydroxyl groups is 1. The van der Waals surface area contributed by atoms with E-state index in [0.29, 0.717) is 16.1 Å². The molecule has 5 heteroatoms. The van der Waals surface area contributed by atoms with Crippen LogP contribution in [0.25, 0.3) is 0 Å². The van der Waals surface area contributed by atoms with Crippen LogP contribution < -0.4 is 5.32 Å². The molecule has 0 aliphatic heterocycles. The van der Waals surface area contributed by atoms with Crippen molar-refractivity contribution in [1.82, 2.24) is 0 Å². The van der Waals surface area contributed by atoms with Crippen LogP contribution in [0.15, 0.2) is 42.5 Å². The van der Waals surface area contributed by atoms with Crippen molar-refractivity contribution in [3.63, 3.8) is 0 Å². The molecule has 0 spiro atoms. The Morgan fingerprint density at radius 2 is 1.95 bits per heavy atom. The molecule has 2 rings (SSSR count). The van der Waals surface area contributed by atoms with E-state index in [1.54, 1.807) is 30.3 Å². The second-order valence-corrected chi connectivity index (χ2v) is 4.69. The Morgan fingerprint density at radius 1 is 1.25 bits per heavy atom. The summed E-state index contributed by atoms with van der Waals surface area (Å²) in [7, 11) is 0. The van der Waals surface area contributed by atoms with Crippen LogP contribution in [-0.4, -0.2) is 11.7 Å². The van der Waals surface area contributed by atoms with E-state index in [4.69, 9.17) is 16.9 Å². The van der Waals surface area contributed by atoms with Gasteiger partial charge in [-0.2, -0.15) is 5.26 Å². The van der Waals surface area contributed by atoms with Gasteiger partial charge in [0.15, 0.2) is 0 Å². The van der Waals surface area contributed by atoms with Crippen molar-refractivity contribution in [2.75, 3.05) is 11.9 Å². The molecule has 1 unspecified atom stereocenters. The zero-order valence-corrected chi connectivity index (χ0v) is 11.2. The van der Waals surface area contributed by atoms with E-state index in [0.717, 1.165) is 0 Å². The van der Waals surface area contributed by atoms with Crippen molar-refractivity contribution < 1.29 is 9.50 Å². The van der Waals surface area contributed by atoms with Gasteiger partial charge in [0.25, 0.3) is 0 Å². The van der Waals surface area contributed by atoms with Crippen LogP contribution >= 0.6 is 11.6 Å². The molecule has 0 amide bonds. The summed E-state index contributed by atoms with van der Waals surface area (Å²) >= 11 is 5.66. The quantitative estimate of drug-likeness (QED) is 0.906. The third-order valence-corrected chi connectivity index (χ3v) is 3.08. The number of halogens is 2. The standard InChI is InChI=1S/C15H12ClFN2O/c16-12-5-6-14(13(17)7-12)19-9-15(20)11-3-1-10(8-18)2-4-11/h1-7,15,19-20H,9H2. The average Bonchev–Trinajstić information content (AvgIpc) is 2.46. The van der Waals surface area contributed by atoms with Crippen molar-refractivity contribution in [2.45, 2.75) is 6.10 Å². The van der Waals surface area contributed by atoms with E-state index in [1.165, 1.54) is 12.1 Å². The maximum Gasteiger partial charge on any atom is 0.147 e. The minimum absolute atomic E-state index is 0.157. The third-order valence-electron chi connectivity index (χ3n) is 2.84. The van der Waals surface area contributed by atoms with E-state index < -0.39 is 11.9 Å². The van der Waals surface area contributed by atoms with E-state index in [1.807, 2.05) is 6.07 Å². The fourth-order valence-corrected chi connectivity index (χ4v) is 1.90. The van der Waals surface area contributed by atoms with Crippen molar-refractivity contribution in [3.05, 3.63) is 64.4 Å². The smallest absolute Gasteiger partial charge is 0.147 e. The van der Waals surface area contributed by atoms with E-state index in [2.05, 4.69) is 5.32 Å². The molecule has 102 valence electrons. The summed E-state index contributed by atoms with van der Waals surface area (Å²) in [5.41, 5.74) is 1.46. The molecule has 0 aliphatic carbocycles. The van der Waals surface area contributed by atoms with Crippen LogP contribution in [-0.2, 0) is 0 Å². The number of aliphatic hydroxyl groups excluding tert-OH is 1. The Balaban J connectivity index is 2.00. The number of hydrogen-bond donors (Lipinski definition) is 2. The van der Waals surface area contributed by atoms with Crippen molar-refractivity contribution in [3.8, 4) is 6.07 Å². The Bertz CT molecular complexity index is 637. The highest BCUT2D eigenvalue weighted by molar-refractivity contribution is 6.30. The summed E-state index contributed by atoms with van der Waals surface area (Å²) < 4.78 is 13.5. The highest BCUT2D eigenvalue weighted by atomic mass is 35.5. The second kappa shape index (κ2) is 6.38. The molecule has 0 heterocycles. The summed E-state index contributed by atoms with van der Waals surface area (Å²) in [6, 6.07) is 12.9. The molecule has 0 fully saturated rings. The van der Waals surface area contributed by atoms with E-state index >= 15 is 0 Å². The van der Waals surface area contributed by atoms with Gasteiger partial charge in [0, 0.05) is 11.6 Å². The predicted molar refractivity (Wildman–Crippen MR) is 76.0 cm³/mol. The third kappa shape index (κ3) is 3.47. The Morgan fingerprint density at radius 3 is 2.55 bits per heavy atom. The van der Waals surface area contributed by atoms with Gasteiger partial charge in [0.1, 0.15) is 5.82 Å². The molecule has 0 aliphatic rings. The zero-order chi connectivity index (χ0) is 14.5. The maximum absolute atomic E-state index is 13.5. The summed E-state index contributed by atoms with van der Waals surface area (Å²) in [5.74, 6) is -0.468. The highest BCUT2D eigenvalue weighted by Gasteiger charge is 2.09. The molecule has 0 aromatic heterocycles. The van der Waals surface area contributed by atoms with Crippen LogP contribution in [0.5, 0.6) is 0 Å². The maximum atomic E-state index is 13.5. The Labute approximate surface area is 121 Å². The van der Waals surface area contributed by atoms with Gasteiger partial charge >= 0.3 is 0 Å². The van der Waals surface area contributed by atoms with E-state index in [9.17, 15) is 9.50 Å². The minimum Gasteiger partial charge on any atom is -0.387 e. The monoisotopic (exact) mass is 290 g/mol. The van der Waals surface area contributed by atoms with Crippen LogP contribution in [0, 0.1) is 17.1 Å². The largest absolute Gasteiger partial charge is 0.387 e. The van der Waals surface area contributed by atoms with Crippen LogP contribution in [0.4, 0.5) is 10.1 Å². The highest BCUT2D eigenvalue weighted by Crippen LogP contribution is 2.20. The summed E-state index contributed by atoms with van der Waals surface area (Å²) in [6.07, 6.45) is -0.794. The first kappa shape index (κ1) is 14.3.